The lowest BCUT2D eigenvalue weighted by Crippen LogP contribution is -2.38. The van der Waals surface area contributed by atoms with Crippen LogP contribution < -0.4 is 9.47 Å². The summed E-state index contributed by atoms with van der Waals surface area (Å²) in [5.41, 5.74) is 2.86. The Hall–Kier alpha value is -3.21. The van der Waals surface area contributed by atoms with Gasteiger partial charge >= 0.3 is 0 Å². The fraction of sp³-hybridized carbons (Fsp3) is 0.320. The Morgan fingerprint density at radius 1 is 1.00 bits per heavy atom. The summed E-state index contributed by atoms with van der Waals surface area (Å²) in [5.74, 6) is 1.31. The van der Waals surface area contributed by atoms with Crippen molar-refractivity contribution in [2.75, 3.05) is 13.2 Å². The molecule has 0 N–H and O–H groups in total. The maximum absolute atomic E-state index is 13.5. The molecular formula is C25H27NO4. The van der Waals surface area contributed by atoms with E-state index in [4.69, 9.17) is 13.9 Å². The predicted molar refractivity (Wildman–Crippen MR) is 115 cm³/mol. The number of nitrogens with zero attached hydrogens (tertiary/aromatic N) is 1. The molecular weight excluding hydrogens is 378 g/mol. The van der Waals surface area contributed by atoms with Gasteiger partial charge in [0.05, 0.1) is 25.7 Å². The predicted octanol–water partition coefficient (Wildman–Crippen LogP) is 5.10. The largest absolute Gasteiger partial charge is 0.490 e. The van der Waals surface area contributed by atoms with Gasteiger partial charge in [-0.15, -0.1) is 0 Å². The minimum absolute atomic E-state index is 0.0209. The molecule has 5 nitrogen and oxygen atoms in total. The van der Waals surface area contributed by atoms with Crippen molar-refractivity contribution in [3.63, 3.8) is 0 Å². The summed E-state index contributed by atoms with van der Waals surface area (Å²) >= 11 is 0. The molecule has 0 unspecified atom stereocenters. The third-order valence-corrected chi connectivity index (χ3v) is 5.41. The first-order valence-corrected chi connectivity index (χ1v) is 10.5. The molecule has 0 aliphatic carbocycles. The van der Waals surface area contributed by atoms with Crippen molar-refractivity contribution >= 4 is 5.91 Å². The number of amides is 1. The van der Waals surface area contributed by atoms with Crippen LogP contribution in [0, 0.1) is 0 Å². The number of hydrogen-bond acceptors (Lipinski definition) is 4. The molecule has 30 heavy (non-hydrogen) atoms. The van der Waals surface area contributed by atoms with Crippen LogP contribution in [0.2, 0.25) is 0 Å². The third kappa shape index (κ3) is 4.85. The van der Waals surface area contributed by atoms with Crippen LogP contribution in [-0.2, 0) is 13.0 Å². The molecule has 1 aromatic heterocycles. The molecule has 1 aliphatic heterocycles. The van der Waals surface area contributed by atoms with Gasteiger partial charge < -0.3 is 18.8 Å². The van der Waals surface area contributed by atoms with Crippen LogP contribution in [0.4, 0.5) is 0 Å². The number of hydrogen-bond donors (Lipinski definition) is 0. The summed E-state index contributed by atoms with van der Waals surface area (Å²) in [6.45, 7) is 3.82. The Balaban J connectivity index is 1.54. The normalized spacial score (nSPS) is 14.0. The fourth-order valence-electron chi connectivity index (χ4n) is 3.65. The lowest BCUT2D eigenvalue weighted by atomic mass is 10.0. The molecule has 1 atom stereocenters. The monoisotopic (exact) mass is 405 g/mol. The highest BCUT2D eigenvalue weighted by atomic mass is 16.5. The van der Waals surface area contributed by atoms with Gasteiger partial charge in [-0.05, 0) is 49.6 Å². The zero-order valence-corrected chi connectivity index (χ0v) is 17.3. The maximum Gasteiger partial charge on any atom is 0.254 e. The number of fused-ring (bicyclic) bond motifs is 1. The summed E-state index contributed by atoms with van der Waals surface area (Å²) in [5, 5.41) is 0. The summed E-state index contributed by atoms with van der Waals surface area (Å²) in [6.07, 6.45) is 5.95. The van der Waals surface area contributed by atoms with Crippen molar-refractivity contribution in [2.45, 2.75) is 38.8 Å². The number of rotatable bonds is 7. The molecule has 4 rings (SSSR count). The zero-order valence-electron chi connectivity index (χ0n) is 17.3. The van der Waals surface area contributed by atoms with Crippen molar-refractivity contribution in [1.29, 1.82) is 0 Å². The van der Waals surface area contributed by atoms with E-state index < -0.39 is 0 Å². The van der Waals surface area contributed by atoms with Crippen LogP contribution >= 0.6 is 0 Å². The molecule has 0 saturated heterocycles. The first kappa shape index (κ1) is 20.1. The highest BCUT2D eigenvalue weighted by Gasteiger charge is 2.24. The Bertz CT molecular complexity index is 953. The van der Waals surface area contributed by atoms with Crippen molar-refractivity contribution < 1.29 is 18.7 Å². The average molecular weight is 405 g/mol. The van der Waals surface area contributed by atoms with E-state index in [1.165, 1.54) is 5.56 Å². The van der Waals surface area contributed by atoms with E-state index in [2.05, 4.69) is 19.1 Å². The molecule has 0 fully saturated rings. The summed E-state index contributed by atoms with van der Waals surface area (Å²) in [7, 11) is 0. The quantitative estimate of drug-likeness (QED) is 0.548. The van der Waals surface area contributed by atoms with Crippen LogP contribution in [-0.4, -0.2) is 30.1 Å². The van der Waals surface area contributed by atoms with Gasteiger partial charge in [0.15, 0.2) is 11.5 Å². The lowest BCUT2D eigenvalue weighted by molar-refractivity contribution is 0.0666. The molecule has 0 saturated carbocycles. The number of benzene rings is 2. The van der Waals surface area contributed by atoms with Crippen LogP contribution in [0.5, 0.6) is 11.5 Å². The zero-order chi connectivity index (χ0) is 20.8. The first-order valence-electron chi connectivity index (χ1n) is 10.5. The molecule has 2 heterocycles. The van der Waals surface area contributed by atoms with Gasteiger partial charge in [0, 0.05) is 30.1 Å². The summed E-state index contributed by atoms with van der Waals surface area (Å²) in [4.78, 5) is 15.4. The Morgan fingerprint density at radius 3 is 2.57 bits per heavy atom. The Morgan fingerprint density at radius 2 is 1.80 bits per heavy atom. The number of furan rings is 1. The Labute approximate surface area is 177 Å². The van der Waals surface area contributed by atoms with Gasteiger partial charge in [0.1, 0.15) is 0 Å². The molecule has 156 valence electrons. The van der Waals surface area contributed by atoms with Crippen LogP contribution in [0.3, 0.4) is 0 Å². The molecule has 0 radical (unpaired) electrons. The van der Waals surface area contributed by atoms with Crippen LogP contribution in [0.25, 0.3) is 0 Å². The Kier molecular flexibility index (Phi) is 6.38. The number of carbonyl (C=O) groups is 1. The number of ether oxygens (including phenoxy) is 2. The fourth-order valence-corrected chi connectivity index (χ4v) is 3.65. The van der Waals surface area contributed by atoms with Crippen LogP contribution in [0.15, 0.2) is 71.5 Å². The van der Waals surface area contributed by atoms with E-state index in [9.17, 15) is 4.79 Å². The summed E-state index contributed by atoms with van der Waals surface area (Å²) < 4.78 is 16.7. The molecule has 1 amide bonds. The standard InChI is InChI=1S/C25H27NO4/c1-19(8-9-20-6-3-2-4-7-20)26(17-21-12-15-28-18-21)25(27)22-10-11-23-24(16-22)30-14-5-13-29-23/h2-4,6-7,10-12,15-16,18-19H,5,8-9,13-14,17H2,1H3/t19-/m1/s1. The molecule has 0 bridgehead atoms. The van der Waals surface area contributed by atoms with Crippen molar-refractivity contribution in [2.24, 2.45) is 0 Å². The van der Waals surface area contributed by atoms with E-state index in [-0.39, 0.29) is 11.9 Å². The molecule has 3 aromatic rings. The second-order valence-electron chi connectivity index (χ2n) is 7.65. The molecule has 5 heteroatoms. The van der Waals surface area contributed by atoms with Gasteiger partial charge in [-0.1, -0.05) is 30.3 Å². The van der Waals surface area contributed by atoms with Crippen LogP contribution in [0.1, 0.15) is 41.3 Å². The molecule has 1 aliphatic rings. The SMILES string of the molecule is C[C@H](CCc1ccccc1)N(Cc1ccoc1)C(=O)c1ccc2c(c1)OCCCO2. The third-order valence-electron chi connectivity index (χ3n) is 5.41. The van der Waals surface area contributed by atoms with E-state index in [1.807, 2.05) is 41.3 Å². The molecule has 0 spiro atoms. The highest BCUT2D eigenvalue weighted by molar-refractivity contribution is 5.95. The van der Waals surface area contributed by atoms with E-state index in [0.29, 0.717) is 36.8 Å². The minimum Gasteiger partial charge on any atom is -0.490 e. The van der Waals surface area contributed by atoms with E-state index >= 15 is 0 Å². The maximum atomic E-state index is 13.5. The van der Waals surface area contributed by atoms with Crippen molar-refractivity contribution in [1.82, 2.24) is 4.90 Å². The van der Waals surface area contributed by atoms with Gasteiger partial charge in [0.2, 0.25) is 0 Å². The van der Waals surface area contributed by atoms with Crippen molar-refractivity contribution in [3.8, 4) is 11.5 Å². The number of carbonyl (C=O) groups excluding carboxylic acids is 1. The van der Waals surface area contributed by atoms with E-state index in [0.717, 1.165) is 24.8 Å². The van der Waals surface area contributed by atoms with Gasteiger partial charge in [-0.2, -0.15) is 0 Å². The van der Waals surface area contributed by atoms with E-state index in [1.54, 1.807) is 18.6 Å². The second-order valence-corrected chi connectivity index (χ2v) is 7.65. The average Bonchev–Trinajstić information content (AvgIpc) is 3.19. The lowest BCUT2D eigenvalue weighted by Gasteiger charge is -2.29. The highest BCUT2D eigenvalue weighted by Crippen LogP contribution is 2.31. The number of aryl methyl sites for hydroxylation is 1. The first-order chi connectivity index (χ1) is 14.7. The summed E-state index contributed by atoms with van der Waals surface area (Å²) in [6, 6.07) is 17.8. The van der Waals surface area contributed by atoms with Gasteiger partial charge in [-0.3, -0.25) is 4.79 Å². The van der Waals surface area contributed by atoms with Gasteiger partial charge in [0.25, 0.3) is 5.91 Å². The topological polar surface area (TPSA) is 51.9 Å². The smallest absolute Gasteiger partial charge is 0.254 e. The van der Waals surface area contributed by atoms with Crippen molar-refractivity contribution in [3.05, 3.63) is 83.8 Å². The van der Waals surface area contributed by atoms with Gasteiger partial charge in [-0.25, -0.2) is 0 Å². The second kappa shape index (κ2) is 9.53. The minimum atomic E-state index is -0.0209. The molecule has 2 aromatic carbocycles.